The summed E-state index contributed by atoms with van der Waals surface area (Å²) in [6.07, 6.45) is 0. The van der Waals surface area contributed by atoms with E-state index in [1.54, 1.807) is 12.1 Å². The Morgan fingerprint density at radius 1 is 1.25 bits per heavy atom. The van der Waals surface area contributed by atoms with Crippen LogP contribution in [0.3, 0.4) is 0 Å². The molecule has 0 spiro atoms. The largest absolute Gasteiger partial charge is 0.486 e. The van der Waals surface area contributed by atoms with Crippen molar-refractivity contribution in [3.63, 3.8) is 0 Å². The molecule has 0 saturated heterocycles. The number of ether oxygens (including phenoxy) is 2. The average molecular weight is 222 g/mol. The third-order valence-electron chi connectivity index (χ3n) is 2.57. The van der Waals surface area contributed by atoms with Crippen LogP contribution in [-0.4, -0.2) is 24.3 Å². The first-order chi connectivity index (χ1) is 7.59. The van der Waals surface area contributed by atoms with Crippen molar-refractivity contribution in [2.75, 3.05) is 13.2 Å². The highest BCUT2D eigenvalue weighted by Gasteiger charge is 2.20. The van der Waals surface area contributed by atoms with Gasteiger partial charge in [0.15, 0.2) is 11.5 Å². The Balaban J connectivity index is 2.54. The van der Waals surface area contributed by atoms with Crippen LogP contribution in [0.2, 0.25) is 0 Å². The van der Waals surface area contributed by atoms with Crippen LogP contribution in [-0.2, 0) is 0 Å². The quantitative estimate of drug-likeness (QED) is 0.834. The normalized spacial score (nSPS) is 13.9. The molecule has 0 saturated carbocycles. The maximum atomic E-state index is 11.1. The van der Waals surface area contributed by atoms with Crippen LogP contribution in [0.25, 0.3) is 0 Å². The second-order valence-corrected chi connectivity index (χ2v) is 4.04. The van der Waals surface area contributed by atoms with Gasteiger partial charge in [-0.25, -0.2) is 4.79 Å². The lowest BCUT2D eigenvalue weighted by molar-refractivity contribution is 0.0694. The molecule has 0 atom stereocenters. The van der Waals surface area contributed by atoms with Gasteiger partial charge in [0, 0.05) is 0 Å². The minimum Gasteiger partial charge on any atom is -0.486 e. The number of carbonyl (C=O) groups is 1. The Morgan fingerprint density at radius 3 is 2.31 bits per heavy atom. The van der Waals surface area contributed by atoms with Gasteiger partial charge >= 0.3 is 5.97 Å². The topological polar surface area (TPSA) is 55.8 Å². The SMILES string of the molecule is CC(C)c1cc2c(cc1C(=O)O)OCCO2. The fourth-order valence-electron chi connectivity index (χ4n) is 1.77. The zero-order valence-electron chi connectivity index (χ0n) is 9.32. The lowest BCUT2D eigenvalue weighted by Crippen LogP contribution is -2.17. The number of carboxylic acid groups (broad SMARTS) is 1. The average Bonchev–Trinajstić information content (AvgIpc) is 2.27. The van der Waals surface area contributed by atoms with Crippen LogP contribution in [0.5, 0.6) is 11.5 Å². The number of rotatable bonds is 2. The van der Waals surface area contributed by atoms with E-state index >= 15 is 0 Å². The van der Waals surface area contributed by atoms with Crippen LogP contribution < -0.4 is 9.47 Å². The Labute approximate surface area is 93.8 Å². The summed E-state index contributed by atoms with van der Waals surface area (Å²) in [7, 11) is 0. The highest BCUT2D eigenvalue weighted by atomic mass is 16.6. The van der Waals surface area contributed by atoms with E-state index < -0.39 is 5.97 Å². The number of carboxylic acids is 1. The van der Waals surface area contributed by atoms with E-state index in [-0.39, 0.29) is 5.92 Å². The monoisotopic (exact) mass is 222 g/mol. The third-order valence-corrected chi connectivity index (χ3v) is 2.57. The predicted octanol–water partition coefficient (Wildman–Crippen LogP) is 2.28. The zero-order valence-corrected chi connectivity index (χ0v) is 9.32. The van der Waals surface area contributed by atoms with E-state index in [4.69, 9.17) is 14.6 Å². The molecule has 4 heteroatoms. The smallest absolute Gasteiger partial charge is 0.336 e. The molecule has 0 aromatic heterocycles. The Bertz CT molecular complexity index is 423. The van der Waals surface area contributed by atoms with Gasteiger partial charge in [-0.1, -0.05) is 13.8 Å². The van der Waals surface area contributed by atoms with E-state index in [1.807, 2.05) is 13.8 Å². The summed E-state index contributed by atoms with van der Waals surface area (Å²) in [5.74, 6) is 0.371. The molecule has 1 aromatic carbocycles. The van der Waals surface area contributed by atoms with Crippen molar-refractivity contribution in [3.8, 4) is 11.5 Å². The second kappa shape index (κ2) is 4.04. The minimum atomic E-state index is -0.930. The fourth-order valence-corrected chi connectivity index (χ4v) is 1.77. The zero-order chi connectivity index (χ0) is 11.7. The molecule has 86 valence electrons. The van der Waals surface area contributed by atoms with Crippen molar-refractivity contribution >= 4 is 5.97 Å². The van der Waals surface area contributed by atoms with Crippen molar-refractivity contribution in [2.45, 2.75) is 19.8 Å². The second-order valence-electron chi connectivity index (χ2n) is 4.04. The van der Waals surface area contributed by atoms with E-state index in [0.29, 0.717) is 30.3 Å². The van der Waals surface area contributed by atoms with E-state index in [2.05, 4.69) is 0 Å². The fraction of sp³-hybridized carbons (Fsp3) is 0.417. The molecule has 1 aromatic rings. The number of hydrogen-bond donors (Lipinski definition) is 1. The van der Waals surface area contributed by atoms with Crippen LogP contribution in [0.1, 0.15) is 35.7 Å². The number of fused-ring (bicyclic) bond motifs is 1. The Kier molecular flexibility index (Phi) is 2.73. The van der Waals surface area contributed by atoms with Crippen molar-refractivity contribution in [2.24, 2.45) is 0 Å². The highest BCUT2D eigenvalue weighted by molar-refractivity contribution is 5.90. The summed E-state index contributed by atoms with van der Waals surface area (Å²) >= 11 is 0. The molecule has 2 rings (SSSR count). The van der Waals surface area contributed by atoms with Gasteiger partial charge in [-0.3, -0.25) is 0 Å². The van der Waals surface area contributed by atoms with E-state index in [9.17, 15) is 4.79 Å². The molecule has 0 fully saturated rings. The molecule has 1 aliphatic heterocycles. The molecule has 0 amide bonds. The van der Waals surface area contributed by atoms with Crippen molar-refractivity contribution in [1.29, 1.82) is 0 Å². The van der Waals surface area contributed by atoms with Crippen LogP contribution in [0.15, 0.2) is 12.1 Å². The number of benzene rings is 1. The first-order valence-electron chi connectivity index (χ1n) is 5.26. The summed E-state index contributed by atoms with van der Waals surface area (Å²) in [5.41, 5.74) is 1.07. The molecule has 4 nitrogen and oxygen atoms in total. The molecule has 0 bridgehead atoms. The summed E-state index contributed by atoms with van der Waals surface area (Å²) in [6.45, 7) is 4.89. The Morgan fingerprint density at radius 2 is 1.81 bits per heavy atom. The highest BCUT2D eigenvalue weighted by Crippen LogP contribution is 2.35. The van der Waals surface area contributed by atoms with Gasteiger partial charge in [-0.05, 0) is 23.6 Å². The molecule has 1 heterocycles. The predicted molar refractivity (Wildman–Crippen MR) is 58.5 cm³/mol. The lowest BCUT2D eigenvalue weighted by Gasteiger charge is -2.21. The molecule has 0 radical (unpaired) electrons. The molecule has 0 aliphatic carbocycles. The van der Waals surface area contributed by atoms with Gasteiger partial charge in [0.25, 0.3) is 0 Å². The van der Waals surface area contributed by atoms with Gasteiger partial charge < -0.3 is 14.6 Å². The summed E-state index contributed by atoms with van der Waals surface area (Å²) in [6, 6.07) is 3.31. The molecule has 0 unspecified atom stereocenters. The Hall–Kier alpha value is -1.71. The standard InChI is InChI=1S/C12H14O4/c1-7(2)8-5-10-11(16-4-3-15-10)6-9(8)12(13)14/h5-7H,3-4H2,1-2H3,(H,13,14). The van der Waals surface area contributed by atoms with E-state index in [0.717, 1.165) is 5.56 Å². The van der Waals surface area contributed by atoms with Crippen molar-refractivity contribution < 1.29 is 19.4 Å². The lowest BCUT2D eigenvalue weighted by atomic mass is 9.96. The molecule has 1 aliphatic rings. The number of aromatic carboxylic acids is 1. The van der Waals surface area contributed by atoms with Crippen LogP contribution >= 0.6 is 0 Å². The van der Waals surface area contributed by atoms with Gasteiger partial charge in [0.1, 0.15) is 13.2 Å². The van der Waals surface area contributed by atoms with Crippen LogP contribution in [0.4, 0.5) is 0 Å². The third kappa shape index (κ3) is 1.83. The van der Waals surface area contributed by atoms with Gasteiger partial charge in [-0.15, -0.1) is 0 Å². The maximum absolute atomic E-state index is 11.1. The first-order valence-corrected chi connectivity index (χ1v) is 5.26. The molecular formula is C12H14O4. The molecule has 1 N–H and O–H groups in total. The van der Waals surface area contributed by atoms with Crippen LogP contribution in [0, 0.1) is 0 Å². The first kappa shape index (κ1) is 10.8. The van der Waals surface area contributed by atoms with Gasteiger partial charge in [0.05, 0.1) is 5.56 Å². The summed E-state index contributed by atoms with van der Waals surface area (Å²) in [5, 5.41) is 9.12. The molecular weight excluding hydrogens is 208 g/mol. The van der Waals surface area contributed by atoms with Gasteiger partial charge in [0.2, 0.25) is 0 Å². The maximum Gasteiger partial charge on any atom is 0.336 e. The number of hydrogen-bond acceptors (Lipinski definition) is 3. The molecule has 16 heavy (non-hydrogen) atoms. The summed E-state index contributed by atoms with van der Waals surface area (Å²) < 4.78 is 10.8. The van der Waals surface area contributed by atoms with Crippen molar-refractivity contribution in [3.05, 3.63) is 23.3 Å². The van der Waals surface area contributed by atoms with Crippen molar-refractivity contribution in [1.82, 2.24) is 0 Å². The van der Waals surface area contributed by atoms with Gasteiger partial charge in [-0.2, -0.15) is 0 Å². The minimum absolute atomic E-state index is 0.141. The summed E-state index contributed by atoms with van der Waals surface area (Å²) in [4.78, 5) is 11.1. The van der Waals surface area contributed by atoms with E-state index in [1.165, 1.54) is 0 Å².